The Morgan fingerprint density at radius 3 is 3.23 bits per heavy atom. The van der Waals surface area contributed by atoms with E-state index in [0.29, 0.717) is 18.2 Å². The number of nitrogens with zero attached hydrogens (tertiary/aromatic N) is 6. The smallest absolute Gasteiger partial charge is 0.272 e. The minimum atomic E-state index is -0.0742. The number of H-pyrrole nitrogens is 1. The molecule has 0 amide bonds. The summed E-state index contributed by atoms with van der Waals surface area (Å²) in [5, 5.41) is 10.8. The van der Waals surface area contributed by atoms with E-state index < -0.39 is 0 Å². The van der Waals surface area contributed by atoms with Crippen molar-refractivity contribution >= 4 is 5.65 Å². The summed E-state index contributed by atoms with van der Waals surface area (Å²) in [6.07, 6.45) is 7.55. The third-order valence-electron chi connectivity index (χ3n) is 4.12. The first-order valence-electron chi connectivity index (χ1n) is 7.44. The third-order valence-corrected chi connectivity index (χ3v) is 4.12. The van der Waals surface area contributed by atoms with Gasteiger partial charge in [-0.2, -0.15) is 0 Å². The van der Waals surface area contributed by atoms with Gasteiger partial charge in [0.15, 0.2) is 5.65 Å². The molecular weight excluding hydrogens is 282 g/mol. The summed E-state index contributed by atoms with van der Waals surface area (Å²) in [5.41, 5.74) is 1.39. The van der Waals surface area contributed by atoms with E-state index >= 15 is 0 Å². The number of nitrogens with one attached hydrogen (secondary N) is 1. The molecule has 0 aromatic carbocycles. The number of fused-ring (bicyclic) bond motifs is 1. The standard InChI is InChI=1S/C14H17N7O/c22-14-8-11(17-13-3-4-16-21(13)14)9-19-6-1-2-12(10-19)20-7-5-15-18-20/h3-5,7-8,12,16H,1-2,6,9-10H2. The molecule has 1 atom stereocenters. The molecule has 4 rings (SSSR count). The number of piperidine rings is 1. The van der Waals surface area contributed by atoms with E-state index in [4.69, 9.17) is 0 Å². The molecule has 3 aromatic rings. The van der Waals surface area contributed by atoms with E-state index in [1.807, 2.05) is 10.9 Å². The molecular formula is C14H17N7O. The van der Waals surface area contributed by atoms with Gasteiger partial charge in [0.05, 0.1) is 17.9 Å². The van der Waals surface area contributed by atoms with Crippen molar-refractivity contribution < 1.29 is 0 Å². The molecule has 8 heteroatoms. The lowest BCUT2D eigenvalue weighted by Crippen LogP contribution is -2.36. The molecule has 0 aliphatic carbocycles. The predicted molar refractivity (Wildman–Crippen MR) is 79.4 cm³/mol. The van der Waals surface area contributed by atoms with E-state index in [1.165, 1.54) is 4.52 Å². The van der Waals surface area contributed by atoms with Crippen molar-refractivity contribution in [3.8, 4) is 0 Å². The molecule has 1 unspecified atom stereocenters. The van der Waals surface area contributed by atoms with Crippen LogP contribution < -0.4 is 5.56 Å². The van der Waals surface area contributed by atoms with Gasteiger partial charge in [-0.3, -0.25) is 14.8 Å². The van der Waals surface area contributed by atoms with E-state index in [1.54, 1.807) is 24.5 Å². The maximum absolute atomic E-state index is 12.0. The highest BCUT2D eigenvalue weighted by Gasteiger charge is 2.22. The van der Waals surface area contributed by atoms with E-state index in [9.17, 15) is 4.79 Å². The van der Waals surface area contributed by atoms with Crippen molar-refractivity contribution in [3.05, 3.63) is 46.8 Å². The van der Waals surface area contributed by atoms with Crippen LogP contribution in [0.3, 0.4) is 0 Å². The molecule has 1 fully saturated rings. The van der Waals surface area contributed by atoms with Crippen LogP contribution in [0.1, 0.15) is 24.6 Å². The summed E-state index contributed by atoms with van der Waals surface area (Å²) in [6.45, 7) is 2.60. The van der Waals surface area contributed by atoms with Crippen LogP contribution in [0, 0.1) is 0 Å². The van der Waals surface area contributed by atoms with Crippen LogP contribution >= 0.6 is 0 Å². The maximum atomic E-state index is 12.0. The van der Waals surface area contributed by atoms with Crippen molar-refractivity contribution in [2.45, 2.75) is 25.4 Å². The molecule has 1 aliphatic heterocycles. The van der Waals surface area contributed by atoms with Crippen molar-refractivity contribution in [2.75, 3.05) is 13.1 Å². The van der Waals surface area contributed by atoms with Crippen LogP contribution in [0.25, 0.3) is 5.65 Å². The normalized spacial score (nSPS) is 19.7. The summed E-state index contributed by atoms with van der Waals surface area (Å²) in [4.78, 5) is 18.9. The molecule has 0 saturated carbocycles. The lowest BCUT2D eigenvalue weighted by Gasteiger charge is -2.32. The first-order valence-corrected chi connectivity index (χ1v) is 7.44. The Morgan fingerprint density at radius 1 is 1.41 bits per heavy atom. The molecule has 1 saturated heterocycles. The maximum Gasteiger partial charge on any atom is 0.272 e. The zero-order valence-electron chi connectivity index (χ0n) is 12.1. The molecule has 0 bridgehead atoms. The minimum absolute atomic E-state index is 0.0742. The van der Waals surface area contributed by atoms with Crippen LogP contribution in [0.2, 0.25) is 0 Å². The van der Waals surface area contributed by atoms with Gasteiger partial charge in [0, 0.05) is 37.6 Å². The fraction of sp³-hybridized carbons (Fsp3) is 0.429. The first kappa shape index (κ1) is 13.2. The van der Waals surface area contributed by atoms with Gasteiger partial charge >= 0.3 is 0 Å². The zero-order chi connectivity index (χ0) is 14.9. The van der Waals surface area contributed by atoms with Gasteiger partial charge in [-0.1, -0.05) is 5.21 Å². The van der Waals surface area contributed by atoms with Crippen molar-refractivity contribution in [1.29, 1.82) is 0 Å². The summed E-state index contributed by atoms with van der Waals surface area (Å²) in [6, 6.07) is 3.75. The second-order valence-electron chi connectivity index (χ2n) is 5.66. The van der Waals surface area contributed by atoms with Crippen LogP contribution in [-0.4, -0.2) is 47.6 Å². The predicted octanol–water partition coefficient (Wildman–Crippen LogP) is 0.451. The second-order valence-corrected chi connectivity index (χ2v) is 5.66. The Hall–Kier alpha value is -2.48. The second kappa shape index (κ2) is 5.38. The Labute approximate surface area is 126 Å². The summed E-state index contributed by atoms with van der Waals surface area (Å²) < 4.78 is 3.36. The van der Waals surface area contributed by atoms with Gasteiger partial charge < -0.3 is 0 Å². The molecule has 0 radical (unpaired) electrons. The lowest BCUT2D eigenvalue weighted by molar-refractivity contribution is 0.160. The van der Waals surface area contributed by atoms with Gasteiger partial charge in [-0.15, -0.1) is 5.10 Å². The fourth-order valence-electron chi connectivity index (χ4n) is 3.09. The molecule has 22 heavy (non-hydrogen) atoms. The van der Waals surface area contributed by atoms with Gasteiger partial charge in [0.1, 0.15) is 0 Å². The van der Waals surface area contributed by atoms with E-state index in [0.717, 1.165) is 31.6 Å². The molecule has 1 N–H and O–H groups in total. The molecule has 114 valence electrons. The molecule has 0 spiro atoms. The van der Waals surface area contributed by atoms with Crippen LogP contribution in [0.5, 0.6) is 0 Å². The highest BCUT2D eigenvalue weighted by molar-refractivity contribution is 5.36. The number of hydrogen-bond acceptors (Lipinski definition) is 5. The van der Waals surface area contributed by atoms with Gasteiger partial charge in [-0.25, -0.2) is 14.2 Å². The monoisotopic (exact) mass is 299 g/mol. The topological polar surface area (TPSA) is 84.1 Å². The molecule has 4 heterocycles. The quantitative estimate of drug-likeness (QED) is 0.759. The summed E-state index contributed by atoms with van der Waals surface area (Å²) in [7, 11) is 0. The third kappa shape index (κ3) is 2.41. The average molecular weight is 299 g/mol. The number of likely N-dealkylation sites (tertiary alicyclic amines) is 1. The van der Waals surface area contributed by atoms with Crippen molar-refractivity contribution in [2.24, 2.45) is 0 Å². The Morgan fingerprint density at radius 2 is 2.36 bits per heavy atom. The van der Waals surface area contributed by atoms with Crippen LogP contribution in [0.15, 0.2) is 35.5 Å². The Balaban J connectivity index is 1.53. The first-order chi connectivity index (χ1) is 10.8. The lowest BCUT2D eigenvalue weighted by atomic mass is 10.1. The number of aromatic nitrogens is 6. The van der Waals surface area contributed by atoms with E-state index in [-0.39, 0.29) is 5.56 Å². The minimum Gasteiger partial charge on any atom is -0.297 e. The van der Waals surface area contributed by atoms with Gasteiger partial charge in [0.25, 0.3) is 5.56 Å². The highest BCUT2D eigenvalue weighted by atomic mass is 16.1. The highest BCUT2D eigenvalue weighted by Crippen LogP contribution is 2.21. The van der Waals surface area contributed by atoms with Crippen molar-refractivity contribution in [3.63, 3.8) is 0 Å². The Kier molecular flexibility index (Phi) is 3.23. The Bertz CT molecular complexity index is 819. The zero-order valence-corrected chi connectivity index (χ0v) is 12.1. The molecule has 1 aliphatic rings. The number of aromatic amines is 1. The fourth-order valence-corrected chi connectivity index (χ4v) is 3.09. The number of rotatable bonds is 3. The molecule has 3 aromatic heterocycles. The van der Waals surface area contributed by atoms with Gasteiger partial charge in [-0.05, 0) is 19.4 Å². The van der Waals surface area contributed by atoms with Crippen LogP contribution in [-0.2, 0) is 6.54 Å². The van der Waals surface area contributed by atoms with Crippen molar-refractivity contribution in [1.82, 2.24) is 34.5 Å². The van der Waals surface area contributed by atoms with Gasteiger partial charge in [0.2, 0.25) is 0 Å². The average Bonchev–Trinajstić information content (AvgIpc) is 3.19. The van der Waals surface area contributed by atoms with Crippen LogP contribution in [0.4, 0.5) is 0 Å². The largest absolute Gasteiger partial charge is 0.297 e. The number of hydrogen-bond donors (Lipinski definition) is 1. The summed E-state index contributed by atoms with van der Waals surface area (Å²) in [5.74, 6) is 0. The SMILES string of the molecule is O=c1cc(CN2CCCC(n3ccnn3)C2)nc2cc[nH]n12. The molecule has 8 nitrogen and oxygen atoms in total. The summed E-state index contributed by atoms with van der Waals surface area (Å²) >= 11 is 0. The van der Waals surface area contributed by atoms with E-state index in [2.05, 4.69) is 25.3 Å².